The zero-order valence-corrected chi connectivity index (χ0v) is 22.3. The molecule has 0 radical (unpaired) electrons. The van der Waals surface area contributed by atoms with Gasteiger partial charge >= 0.3 is 0 Å². The standard InChI is InChI=1S/C26H30ClN5O4S/c1-2-24-28-25(29-36-24)20-4-3-5-23(18-20)37(34,35)32-12-10-19(11-13-32)26(33)31-16-14-30(15-17-31)22-8-6-21(27)7-9-22/h3-9,18-19H,2,10-17H2,1H3. The quantitative estimate of drug-likeness (QED) is 0.467. The lowest BCUT2D eigenvalue weighted by molar-refractivity contribution is -0.137. The zero-order valence-electron chi connectivity index (χ0n) is 20.7. The predicted octanol–water partition coefficient (Wildman–Crippen LogP) is 3.70. The van der Waals surface area contributed by atoms with Gasteiger partial charge in [0, 0.05) is 67.9 Å². The molecule has 0 saturated carbocycles. The number of rotatable bonds is 6. The molecule has 3 heterocycles. The van der Waals surface area contributed by atoms with Gasteiger partial charge in [-0.25, -0.2) is 8.42 Å². The lowest BCUT2D eigenvalue weighted by Crippen LogP contribution is -2.52. The van der Waals surface area contributed by atoms with Crippen LogP contribution in [0.1, 0.15) is 25.7 Å². The van der Waals surface area contributed by atoms with E-state index in [9.17, 15) is 13.2 Å². The molecule has 0 atom stereocenters. The Morgan fingerprint density at radius 3 is 2.38 bits per heavy atom. The Kier molecular flexibility index (Phi) is 7.50. The number of piperidine rings is 1. The maximum absolute atomic E-state index is 13.4. The second-order valence-electron chi connectivity index (χ2n) is 9.36. The highest BCUT2D eigenvalue weighted by Crippen LogP contribution is 2.28. The molecule has 5 rings (SSSR count). The monoisotopic (exact) mass is 543 g/mol. The first kappa shape index (κ1) is 25.7. The van der Waals surface area contributed by atoms with Crippen LogP contribution in [0.25, 0.3) is 11.4 Å². The molecule has 0 N–H and O–H groups in total. The van der Waals surface area contributed by atoms with Crippen molar-refractivity contribution in [1.29, 1.82) is 0 Å². The van der Waals surface area contributed by atoms with Crippen LogP contribution in [0, 0.1) is 5.92 Å². The van der Waals surface area contributed by atoms with E-state index in [0.717, 1.165) is 18.8 Å². The van der Waals surface area contributed by atoms with Gasteiger partial charge in [-0.2, -0.15) is 9.29 Å². The minimum absolute atomic E-state index is 0.124. The number of nitrogens with zero attached hydrogens (tertiary/aromatic N) is 5. The molecule has 2 aliphatic rings. The van der Waals surface area contributed by atoms with E-state index >= 15 is 0 Å². The van der Waals surface area contributed by atoms with E-state index in [0.29, 0.717) is 67.7 Å². The number of halogens is 1. The van der Waals surface area contributed by atoms with E-state index in [1.807, 2.05) is 36.1 Å². The fraction of sp³-hybridized carbons (Fsp3) is 0.423. The molecule has 0 spiro atoms. The van der Waals surface area contributed by atoms with Crippen molar-refractivity contribution < 1.29 is 17.7 Å². The largest absolute Gasteiger partial charge is 0.368 e. The summed E-state index contributed by atoms with van der Waals surface area (Å²) < 4.78 is 33.3. The third-order valence-corrected chi connectivity index (χ3v) is 9.23. The second kappa shape index (κ2) is 10.8. The summed E-state index contributed by atoms with van der Waals surface area (Å²) in [5, 5.41) is 4.65. The lowest BCUT2D eigenvalue weighted by atomic mass is 9.96. The van der Waals surface area contributed by atoms with Crippen molar-refractivity contribution in [3.05, 3.63) is 59.4 Å². The number of anilines is 1. The van der Waals surface area contributed by atoms with Gasteiger partial charge in [0.25, 0.3) is 0 Å². The van der Waals surface area contributed by atoms with E-state index in [-0.39, 0.29) is 16.7 Å². The molecule has 2 fully saturated rings. The minimum atomic E-state index is -3.70. The van der Waals surface area contributed by atoms with Gasteiger partial charge in [0.1, 0.15) is 0 Å². The highest BCUT2D eigenvalue weighted by atomic mass is 35.5. The molecule has 0 aliphatic carbocycles. The molecular weight excluding hydrogens is 514 g/mol. The summed E-state index contributed by atoms with van der Waals surface area (Å²) >= 11 is 5.99. The van der Waals surface area contributed by atoms with Crippen LogP contribution in [0.15, 0.2) is 57.9 Å². The topological polar surface area (TPSA) is 99.8 Å². The van der Waals surface area contributed by atoms with Gasteiger partial charge in [0.2, 0.25) is 27.6 Å². The first-order chi connectivity index (χ1) is 17.8. The number of aromatic nitrogens is 2. The van der Waals surface area contributed by atoms with Crippen LogP contribution < -0.4 is 4.90 Å². The van der Waals surface area contributed by atoms with Gasteiger partial charge < -0.3 is 14.3 Å². The third kappa shape index (κ3) is 5.51. The van der Waals surface area contributed by atoms with Crippen LogP contribution in [-0.2, 0) is 21.2 Å². The van der Waals surface area contributed by atoms with Crippen molar-refractivity contribution in [2.45, 2.75) is 31.1 Å². The van der Waals surface area contributed by atoms with Crippen LogP contribution >= 0.6 is 11.6 Å². The SMILES string of the molecule is CCc1nc(-c2cccc(S(=O)(=O)N3CCC(C(=O)N4CCN(c5ccc(Cl)cc5)CC4)CC3)c2)no1. The third-order valence-electron chi connectivity index (χ3n) is 7.09. The summed E-state index contributed by atoms with van der Waals surface area (Å²) in [6.07, 6.45) is 1.64. The van der Waals surface area contributed by atoms with Crippen molar-refractivity contribution in [1.82, 2.24) is 19.3 Å². The summed E-state index contributed by atoms with van der Waals surface area (Å²) in [7, 11) is -3.70. The van der Waals surface area contributed by atoms with E-state index in [4.69, 9.17) is 16.1 Å². The normalized spacial score (nSPS) is 17.8. The summed E-state index contributed by atoms with van der Waals surface area (Å²) in [6.45, 7) is 5.37. The van der Waals surface area contributed by atoms with Crippen LogP contribution in [0.2, 0.25) is 5.02 Å². The van der Waals surface area contributed by atoms with Gasteiger partial charge in [0.05, 0.1) is 4.90 Å². The average molecular weight is 544 g/mol. The molecule has 3 aromatic rings. The van der Waals surface area contributed by atoms with Crippen molar-refractivity contribution in [2.75, 3.05) is 44.2 Å². The van der Waals surface area contributed by atoms with Gasteiger partial charge in [-0.05, 0) is 49.2 Å². The molecule has 37 heavy (non-hydrogen) atoms. The Morgan fingerprint density at radius 2 is 1.73 bits per heavy atom. The molecule has 1 amide bonds. The molecule has 0 bridgehead atoms. The zero-order chi connectivity index (χ0) is 26.0. The molecule has 2 aromatic carbocycles. The van der Waals surface area contributed by atoms with Crippen molar-refractivity contribution in [2.24, 2.45) is 5.92 Å². The molecule has 2 aliphatic heterocycles. The van der Waals surface area contributed by atoms with Gasteiger partial charge in [0.15, 0.2) is 0 Å². The Hall–Kier alpha value is -2.95. The van der Waals surface area contributed by atoms with E-state index in [1.54, 1.807) is 24.3 Å². The number of carbonyl (C=O) groups excluding carboxylic acids is 1. The molecule has 9 nitrogen and oxygen atoms in total. The van der Waals surface area contributed by atoms with Crippen LogP contribution in [-0.4, -0.2) is 72.9 Å². The van der Waals surface area contributed by atoms with Crippen molar-refractivity contribution in [3.8, 4) is 11.4 Å². The number of amides is 1. The Balaban J connectivity index is 1.17. The summed E-state index contributed by atoms with van der Waals surface area (Å²) in [5.74, 6) is 0.834. The Labute approximate surface area is 222 Å². The van der Waals surface area contributed by atoms with Crippen molar-refractivity contribution in [3.63, 3.8) is 0 Å². The first-order valence-electron chi connectivity index (χ1n) is 12.6. The Morgan fingerprint density at radius 1 is 1.03 bits per heavy atom. The summed E-state index contributed by atoms with van der Waals surface area (Å²) in [6, 6.07) is 14.4. The minimum Gasteiger partial charge on any atom is -0.368 e. The second-order valence-corrected chi connectivity index (χ2v) is 11.7. The number of sulfonamides is 1. The number of hydrogen-bond acceptors (Lipinski definition) is 7. The van der Waals surface area contributed by atoms with E-state index in [2.05, 4.69) is 15.0 Å². The fourth-order valence-corrected chi connectivity index (χ4v) is 6.54. The molecule has 1 aromatic heterocycles. The highest BCUT2D eigenvalue weighted by Gasteiger charge is 2.35. The molecule has 2 saturated heterocycles. The highest BCUT2D eigenvalue weighted by molar-refractivity contribution is 7.89. The van der Waals surface area contributed by atoms with Gasteiger partial charge in [-0.3, -0.25) is 4.79 Å². The number of carbonyl (C=O) groups is 1. The van der Waals surface area contributed by atoms with Gasteiger partial charge in [-0.1, -0.05) is 35.8 Å². The predicted molar refractivity (Wildman–Crippen MR) is 141 cm³/mol. The number of piperazine rings is 1. The lowest BCUT2D eigenvalue weighted by Gasteiger charge is -2.39. The maximum atomic E-state index is 13.4. The maximum Gasteiger partial charge on any atom is 0.243 e. The van der Waals surface area contributed by atoms with Crippen molar-refractivity contribution >= 4 is 33.2 Å². The summed E-state index contributed by atoms with van der Waals surface area (Å²) in [5.41, 5.74) is 1.69. The van der Waals surface area contributed by atoms with Crippen LogP contribution in [0.4, 0.5) is 5.69 Å². The Bertz CT molecular complexity index is 1350. The number of aryl methyl sites for hydroxylation is 1. The molecule has 196 valence electrons. The van der Waals surface area contributed by atoms with Gasteiger partial charge in [-0.15, -0.1) is 0 Å². The molecule has 11 heteroatoms. The summed E-state index contributed by atoms with van der Waals surface area (Å²) in [4.78, 5) is 21.9. The average Bonchev–Trinajstić information content (AvgIpc) is 3.43. The molecular formula is C26H30ClN5O4S. The van der Waals surface area contributed by atoms with E-state index in [1.165, 1.54) is 4.31 Å². The first-order valence-corrected chi connectivity index (χ1v) is 14.4. The number of benzene rings is 2. The number of hydrogen-bond donors (Lipinski definition) is 0. The van der Waals surface area contributed by atoms with Crippen LogP contribution in [0.3, 0.4) is 0 Å². The smallest absolute Gasteiger partial charge is 0.243 e. The molecule has 0 unspecified atom stereocenters. The van der Waals surface area contributed by atoms with Crippen LogP contribution in [0.5, 0.6) is 0 Å². The van der Waals surface area contributed by atoms with E-state index < -0.39 is 10.0 Å². The fourth-order valence-electron chi connectivity index (χ4n) is 4.90.